The summed E-state index contributed by atoms with van der Waals surface area (Å²) < 4.78 is 0. The molecule has 2 bridgehead atoms. The number of primary amides is 1. The maximum Gasteiger partial charge on any atom is 0.248 e. The van der Waals surface area contributed by atoms with E-state index in [2.05, 4.69) is 16.3 Å². The number of fused-ring (bicyclic) bond motifs is 2. The van der Waals surface area contributed by atoms with Gasteiger partial charge in [-0.25, -0.2) is 0 Å². The molecule has 2 heterocycles. The first-order valence-corrected chi connectivity index (χ1v) is 12.1. The highest BCUT2D eigenvalue weighted by Gasteiger charge is 2.40. The molecular weight excluding hydrogens is 358 g/mol. The van der Waals surface area contributed by atoms with Crippen molar-refractivity contribution in [1.82, 2.24) is 10.2 Å². The molecule has 3 fully saturated rings. The van der Waals surface area contributed by atoms with Gasteiger partial charge in [0.15, 0.2) is 0 Å². The van der Waals surface area contributed by atoms with Gasteiger partial charge in [0.05, 0.1) is 0 Å². The second kappa shape index (κ2) is 10.1. The summed E-state index contributed by atoms with van der Waals surface area (Å²) in [6, 6.07) is 9.44. The number of rotatable bonds is 9. The Morgan fingerprint density at radius 1 is 1.03 bits per heavy atom. The second-order valence-corrected chi connectivity index (χ2v) is 9.68. The minimum absolute atomic E-state index is 0.318. The number of nitrogens with two attached hydrogens (primary N) is 1. The van der Waals surface area contributed by atoms with Crippen LogP contribution in [0.4, 0.5) is 0 Å². The minimum atomic E-state index is -0.318. The number of hydrogen-bond acceptors (Lipinski definition) is 3. The Kier molecular flexibility index (Phi) is 7.25. The van der Waals surface area contributed by atoms with E-state index in [0.29, 0.717) is 23.6 Å². The zero-order valence-corrected chi connectivity index (χ0v) is 18.0. The lowest BCUT2D eigenvalue weighted by Gasteiger charge is -2.39. The van der Waals surface area contributed by atoms with Crippen molar-refractivity contribution in [1.29, 1.82) is 0 Å². The van der Waals surface area contributed by atoms with Crippen LogP contribution in [0.15, 0.2) is 24.3 Å². The standard InChI is InChI=1S/C25H39N3O/c26-25(29)21-10-4-9-20(16-21)22-17-23-11-12-24(18-22)28(23)15-14-27-13-5-8-19-6-2-1-3-7-19/h4,9-10,16,19,22-24,27H,1-3,5-8,11-15,17-18H2,(H2,26,29). The third-order valence-electron chi connectivity index (χ3n) is 7.76. The normalized spacial score (nSPS) is 27.9. The van der Waals surface area contributed by atoms with Gasteiger partial charge in [0.25, 0.3) is 0 Å². The second-order valence-electron chi connectivity index (χ2n) is 9.68. The van der Waals surface area contributed by atoms with Gasteiger partial charge in [-0.15, -0.1) is 0 Å². The van der Waals surface area contributed by atoms with Crippen molar-refractivity contribution in [3.05, 3.63) is 35.4 Å². The Balaban J connectivity index is 1.19. The van der Waals surface area contributed by atoms with E-state index in [1.165, 1.54) is 89.3 Å². The van der Waals surface area contributed by atoms with E-state index in [4.69, 9.17) is 5.73 Å². The molecule has 2 atom stereocenters. The Labute approximate surface area is 176 Å². The predicted octanol–water partition coefficient (Wildman–Crippen LogP) is 4.45. The smallest absolute Gasteiger partial charge is 0.248 e. The van der Waals surface area contributed by atoms with Crippen LogP contribution in [-0.2, 0) is 0 Å². The van der Waals surface area contributed by atoms with Gasteiger partial charge in [0.2, 0.25) is 5.91 Å². The summed E-state index contributed by atoms with van der Waals surface area (Å²) in [4.78, 5) is 14.3. The van der Waals surface area contributed by atoms with Crippen molar-refractivity contribution in [2.45, 2.75) is 88.6 Å². The van der Waals surface area contributed by atoms with Crippen LogP contribution in [0.1, 0.15) is 92.5 Å². The molecule has 1 aliphatic carbocycles. The van der Waals surface area contributed by atoms with Crippen LogP contribution in [0.2, 0.25) is 0 Å². The minimum Gasteiger partial charge on any atom is -0.366 e. The summed E-state index contributed by atoms with van der Waals surface area (Å²) in [6.45, 7) is 3.49. The Bertz CT molecular complexity index is 656. The summed E-state index contributed by atoms with van der Waals surface area (Å²) in [5.41, 5.74) is 7.43. The summed E-state index contributed by atoms with van der Waals surface area (Å²) in [6.07, 6.45) is 15.2. The molecule has 2 aliphatic heterocycles. The Morgan fingerprint density at radius 2 is 1.79 bits per heavy atom. The van der Waals surface area contributed by atoms with E-state index < -0.39 is 0 Å². The Hall–Kier alpha value is -1.39. The molecule has 2 unspecified atom stereocenters. The number of benzene rings is 1. The molecule has 1 aromatic carbocycles. The van der Waals surface area contributed by atoms with Crippen molar-refractivity contribution in [2.24, 2.45) is 11.7 Å². The van der Waals surface area contributed by atoms with E-state index in [-0.39, 0.29) is 5.91 Å². The number of piperidine rings is 1. The summed E-state index contributed by atoms with van der Waals surface area (Å²) in [5.74, 6) is 1.27. The highest BCUT2D eigenvalue weighted by Crippen LogP contribution is 2.42. The van der Waals surface area contributed by atoms with Gasteiger partial charge in [0, 0.05) is 30.7 Å². The molecule has 0 aromatic heterocycles. The fraction of sp³-hybridized carbons (Fsp3) is 0.720. The molecule has 1 saturated carbocycles. The van der Waals surface area contributed by atoms with Crippen LogP contribution in [0.5, 0.6) is 0 Å². The molecule has 4 nitrogen and oxygen atoms in total. The van der Waals surface area contributed by atoms with Crippen molar-refractivity contribution in [3.63, 3.8) is 0 Å². The molecular formula is C25H39N3O. The van der Waals surface area contributed by atoms with Gasteiger partial charge in [-0.3, -0.25) is 9.69 Å². The molecule has 160 valence electrons. The van der Waals surface area contributed by atoms with E-state index in [1.807, 2.05) is 18.2 Å². The fourth-order valence-corrected chi connectivity index (χ4v) is 6.18. The number of carbonyl (C=O) groups is 1. The molecule has 3 aliphatic rings. The van der Waals surface area contributed by atoms with Crippen LogP contribution < -0.4 is 11.1 Å². The van der Waals surface area contributed by atoms with Gasteiger partial charge >= 0.3 is 0 Å². The van der Waals surface area contributed by atoms with E-state index in [1.54, 1.807) is 0 Å². The van der Waals surface area contributed by atoms with Crippen LogP contribution in [0.25, 0.3) is 0 Å². The first-order chi connectivity index (χ1) is 14.2. The van der Waals surface area contributed by atoms with E-state index in [9.17, 15) is 4.79 Å². The van der Waals surface area contributed by atoms with Crippen molar-refractivity contribution < 1.29 is 4.79 Å². The third-order valence-corrected chi connectivity index (χ3v) is 7.76. The number of hydrogen-bond donors (Lipinski definition) is 2. The molecule has 4 rings (SSSR count). The number of nitrogens with one attached hydrogen (secondary N) is 1. The molecule has 1 amide bonds. The first kappa shape index (κ1) is 20.9. The predicted molar refractivity (Wildman–Crippen MR) is 119 cm³/mol. The van der Waals surface area contributed by atoms with Crippen molar-refractivity contribution in [2.75, 3.05) is 19.6 Å². The van der Waals surface area contributed by atoms with Crippen LogP contribution >= 0.6 is 0 Å². The zero-order chi connectivity index (χ0) is 20.1. The molecule has 3 N–H and O–H groups in total. The molecule has 1 aromatic rings. The number of carbonyl (C=O) groups excluding carboxylic acids is 1. The van der Waals surface area contributed by atoms with Crippen molar-refractivity contribution in [3.8, 4) is 0 Å². The third kappa shape index (κ3) is 5.40. The average molecular weight is 398 g/mol. The lowest BCUT2D eigenvalue weighted by Crippen LogP contribution is -2.45. The van der Waals surface area contributed by atoms with Gasteiger partial charge in [0.1, 0.15) is 0 Å². The first-order valence-electron chi connectivity index (χ1n) is 12.1. The van der Waals surface area contributed by atoms with Gasteiger partial charge in [-0.05, 0) is 74.6 Å². The molecule has 0 radical (unpaired) electrons. The highest BCUT2D eigenvalue weighted by atomic mass is 16.1. The molecule has 4 heteroatoms. The maximum absolute atomic E-state index is 11.5. The number of nitrogens with zero attached hydrogens (tertiary/aromatic N) is 1. The maximum atomic E-state index is 11.5. The van der Waals surface area contributed by atoms with Gasteiger partial charge in [-0.1, -0.05) is 44.2 Å². The average Bonchev–Trinajstić information content (AvgIpc) is 2.98. The Morgan fingerprint density at radius 3 is 2.52 bits per heavy atom. The number of amides is 1. The highest BCUT2D eigenvalue weighted by molar-refractivity contribution is 5.92. The lowest BCUT2D eigenvalue weighted by molar-refractivity contribution is 0.1000. The van der Waals surface area contributed by atoms with Crippen LogP contribution in [0, 0.1) is 5.92 Å². The van der Waals surface area contributed by atoms with Gasteiger partial charge < -0.3 is 11.1 Å². The summed E-state index contributed by atoms with van der Waals surface area (Å²) in [5, 5.41) is 3.71. The van der Waals surface area contributed by atoms with E-state index in [0.717, 1.165) is 12.5 Å². The van der Waals surface area contributed by atoms with Crippen LogP contribution in [-0.4, -0.2) is 42.5 Å². The van der Waals surface area contributed by atoms with Gasteiger partial charge in [-0.2, -0.15) is 0 Å². The quantitative estimate of drug-likeness (QED) is 0.606. The summed E-state index contributed by atoms with van der Waals surface area (Å²) >= 11 is 0. The molecule has 2 saturated heterocycles. The van der Waals surface area contributed by atoms with E-state index >= 15 is 0 Å². The fourth-order valence-electron chi connectivity index (χ4n) is 6.18. The van der Waals surface area contributed by atoms with Crippen molar-refractivity contribution >= 4 is 5.91 Å². The lowest BCUT2D eigenvalue weighted by atomic mass is 9.84. The molecule has 29 heavy (non-hydrogen) atoms. The monoisotopic (exact) mass is 397 g/mol. The van der Waals surface area contributed by atoms with Crippen LogP contribution in [0.3, 0.4) is 0 Å². The summed E-state index contributed by atoms with van der Waals surface area (Å²) in [7, 11) is 0. The topological polar surface area (TPSA) is 58.4 Å². The molecule has 0 spiro atoms. The zero-order valence-electron chi connectivity index (χ0n) is 18.0. The SMILES string of the molecule is NC(=O)c1cccc(C2CC3CCC(C2)N3CCNCCCC2CCCCC2)c1. The largest absolute Gasteiger partial charge is 0.366 e.